The number of aliphatic imine (C=N–C) groups is 1. The van der Waals surface area contributed by atoms with Gasteiger partial charge in [0.15, 0.2) is 16.7 Å². The van der Waals surface area contributed by atoms with Gasteiger partial charge in [-0.1, -0.05) is 30.3 Å². The summed E-state index contributed by atoms with van der Waals surface area (Å²) in [7, 11) is -3.84. The third-order valence-electron chi connectivity index (χ3n) is 4.43. The van der Waals surface area contributed by atoms with Crippen molar-refractivity contribution in [1.29, 1.82) is 0 Å². The monoisotopic (exact) mass is 414 g/mol. The van der Waals surface area contributed by atoms with Crippen molar-refractivity contribution < 1.29 is 17.9 Å². The van der Waals surface area contributed by atoms with Crippen LogP contribution in [0.1, 0.15) is 5.56 Å². The van der Waals surface area contributed by atoms with Crippen molar-refractivity contribution in [3.63, 3.8) is 0 Å². The molecule has 0 fully saturated rings. The molecule has 8 nitrogen and oxygen atoms in total. The van der Waals surface area contributed by atoms with E-state index in [9.17, 15) is 8.42 Å². The Morgan fingerprint density at radius 3 is 2.50 bits per heavy atom. The smallest absolute Gasteiger partial charge is 0.264 e. The first-order chi connectivity index (χ1) is 13.5. The zero-order chi connectivity index (χ0) is 19.3. The molecule has 0 saturated heterocycles. The summed E-state index contributed by atoms with van der Waals surface area (Å²) in [6, 6.07) is 13.9. The van der Waals surface area contributed by atoms with Gasteiger partial charge >= 0.3 is 0 Å². The van der Waals surface area contributed by atoms with E-state index in [0.29, 0.717) is 11.7 Å². The van der Waals surface area contributed by atoms with E-state index in [4.69, 9.17) is 14.6 Å². The molecule has 2 aromatic carbocycles. The minimum atomic E-state index is -3.84. The van der Waals surface area contributed by atoms with Gasteiger partial charge in [-0.3, -0.25) is 4.99 Å². The quantitative estimate of drug-likeness (QED) is 0.809. The number of primary sulfonamides is 1. The molecule has 0 atom stereocenters. The summed E-state index contributed by atoms with van der Waals surface area (Å²) in [5.41, 5.74) is 4.00. The van der Waals surface area contributed by atoms with E-state index in [2.05, 4.69) is 10.1 Å². The molecule has 2 N–H and O–H groups in total. The number of benzene rings is 2. The van der Waals surface area contributed by atoms with Gasteiger partial charge in [-0.15, -0.1) is 5.10 Å². The minimum absolute atomic E-state index is 0.151. The molecule has 5 rings (SSSR count). The van der Waals surface area contributed by atoms with Crippen LogP contribution in [0.15, 0.2) is 58.8 Å². The molecule has 0 spiro atoms. The van der Waals surface area contributed by atoms with Gasteiger partial charge in [0, 0.05) is 6.20 Å². The lowest BCUT2D eigenvalue weighted by Crippen LogP contribution is -2.19. The van der Waals surface area contributed by atoms with E-state index >= 15 is 0 Å². The van der Waals surface area contributed by atoms with Crippen molar-refractivity contribution in [2.75, 3.05) is 13.3 Å². The summed E-state index contributed by atoms with van der Waals surface area (Å²) < 4.78 is 33.6. The fraction of sp³-hybridized carbons (Fsp3) is 0.111. The SMILES string of the molecule is NS(=O)(=O)C1=NN2C=C(c3ccc(-c4ccc5c(c4)OCO5)cc3)CN=C2S1. The maximum Gasteiger partial charge on any atom is 0.264 e. The molecule has 0 radical (unpaired) electrons. The van der Waals surface area contributed by atoms with Crippen molar-refractivity contribution in [3.8, 4) is 22.6 Å². The molecule has 142 valence electrons. The molecule has 0 aliphatic carbocycles. The van der Waals surface area contributed by atoms with Crippen LogP contribution in [0.5, 0.6) is 11.5 Å². The number of ether oxygens (including phenoxy) is 2. The van der Waals surface area contributed by atoms with E-state index in [-0.39, 0.29) is 11.2 Å². The molecule has 0 bridgehead atoms. The second kappa shape index (κ2) is 6.36. The highest BCUT2D eigenvalue weighted by Gasteiger charge is 2.31. The lowest BCUT2D eigenvalue weighted by Gasteiger charge is -2.17. The average Bonchev–Trinajstić information content (AvgIpc) is 3.33. The molecule has 2 aromatic rings. The summed E-state index contributed by atoms with van der Waals surface area (Å²) in [4.78, 5) is 4.41. The number of amidine groups is 1. The van der Waals surface area contributed by atoms with E-state index in [0.717, 1.165) is 45.5 Å². The molecule has 0 amide bonds. The first kappa shape index (κ1) is 17.3. The number of nitrogens with zero attached hydrogens (tertiary/aromatic N) is 3. The average molecular weight is 414 g/mol. The predicted octanol–water partition coefficient (Wildman–Crippen LogP) is 2.40. The highest BCUT2D eigenvalue weighted by molar-refractivity contribution is 8.42. The van der Waals surface area contributed by atoms with Crippen LogP contribution < -0.4 is 14.6 Å². The van der Waals surface area contributed by atoms with Crippen LogP contribution in [-0.4, -0.2) is 36.3 Å². The zero-order valence-corrected chi connectivity index (χ0v) is 16.0. The fourth-order valence-corrected chi connectivity index (χ4v) is 4.53. The number of nitrogens with two attached hydrogens (primary N) is 1. The van der Waals surface area contributed by atoms with Crippen LogP contribution in [-0.2, 0) is 10.0 Å². The van der Waals surface area contributed by atoms with E-state index < -0.39 is 10.0 Å². The maximum atomic E-state index is 11.5. The summed E-state index contributed by atoms with van der Waals surface area (Å²) in [6.07, 6.45) is 1.78. The van der Waals surface area contributed by atoms with Gasteiger partial charge in [-0.2, -0.15) is 0 Å². The Kier molecular flexibility index (Phi) is 3.93. The summed E-state index contributed by atoms with van der Waals surface area (Å²) in [5.74, 6) is 1.50. The first-order valence-electron chi connectivity index (χ1n) is 8.31. The van der Waals surface area contributed by atoms with Gasteiger partial charge in [0.1, 0.15) is 0 Å². The van der Waals surface area contributed by atoms with Crippen molar-refractivity contribution in [3.05, 3.63) is 54.2 Å². The summed E-state index contributed by atoms with van der Waals surface area (Å²) >= 11 is 0.954. The van der Waals surface area contributed by atoms with E-state index in [1.807, 2.05) is 42.5 Å². The van der Waals surface area contributed by atoms with E-state index in [1.54, 1.807) is 6.20 Å². The molecule has 0 saturated carbocycles. The van der Waals surface area contributed by atoms with Crippen molar-refractivity contribution in [2.24, 2.45) is 15.2 Å². The number of hydrazone groups is 1. The lowest BCUT2D eigenvalue weighted by molar-refractivity contribution is 0.174. The maximum absolute atomic E-state index is 11.5. The standard InChI is InChI=1S/C18H14N4O4S2/c19-28(23,24)18-21-22-9-14(8-20-17(22)27-18)12-3-1-11(2-4-12)13-5-6-15-16(7-13)26-10-25-15/h1-7,9H,8,10H2,(H2,19,23,24). The topological polar surface area (TPSA) is 107 Å². The molecule has 3 aliphatic heterocycles. The zero-order valence-electron chi connectivity index (χ0n) is 14.4. The minimum Gasteiger partial charge on any atom is -0.454 e. The fourth-order valence-electron chi connectivity index (χ4n) is 3.04. The van der Waals surface area contributed by atoms with Crippen LogP contribution >= 0.6 is 11.8 Å². The first-order valence-corrected chi connectivity index (χ1v) is 10.7. The molecule has 10 heteroatoms. The van der Waals surface area contributed by atoms with Gasteiger partial charge < -0.3 is 9.47 Å². The summed E-state index contributed by atoms with van der Waals surface area (Å²) in [6.45, 7) is 0.689. The van der Waals surface area contributed by atoms with Gasteiger partial charge in [0.2, 0.25) is 11.2 Å². The Labute approximate surface area is 165 Å². The lowest BCUT2D eigenvalue weighted by atomic mass is 10.00. The normalized spacial score (nSPS) is 17.8. The van der Waals surface area contributed by atoms with Gasteiger partial charge in [0.25, 0.3) is 10.0 Å². The van der Waals surface area contributed by atoms with Crippen LogP contribution in [0.3, 0.4) is 0 Å². The van der Waals surface area contributed by atoms with Crippen LogP contribution in [0, 0.1) is 0 Å². The number of rotatable bonds is 2. The number of sulfonamides is 1. The third kappa shape index (κ3) is 3.05. The Hall–Kier alpha value is -2.82. The molecule has 3 aliphatic rings. The number of hydrogen-bond acceptors (Lipinski definition) is 8. The van der Waals surface area contributed by atoms with Crippen molar-refractivity contribution in [2.45, 2.75) is 0 Å². The Bertz CT molecular complexity index is 1170. The third-order valence-corrected chi connectivity index (χ3v) is 6.70. The Morgan fingerprint density at radius 2 is 1.71 bits per heavy atom. The predicted molar refractivity (Wildman–Crippen MR) is 108 cm³/mol. The Morgan fingerprint density at radius 1 is 1.00 bits per heavy atom. The van der Waals surface area contributed by atoms with Crippen molar-refractivity contribution in [1.82, 2.24) is 5.01 Å². The molecular weight excluding hydrogens is 400 g/mol. The van der Waals surface area contributed by atoms with Gasteiger partial charge in [-0.25, -0.2) is 18.6 Å². The Balaban J connectivity index is 1.40. The van der Waals surface area contributed by atoms with Crippen molar-refractivity contribution >= 4 is 36.9 Å². The number of thioether (sulfide) groups is 1. The van der Waals surface area contributed by atoms with Crippen LogP contribution in [0.4, 0.5) is 0 Å². The van der Waals surface area contributed by atoms with Gasteiger partial charge in [-0.05, 0) is 46.2 Å². The van der Waals surface area contributed by atoms with Gasteiger partial charge in [0.05, 0.1) is 6.54 Å². The number of fused-ring (bicyclic) bond motifs is 2. The summed E-state index contributed by atoms with van der Waals surface area (Å²) in [5, 5.41) is 11.1. The molecule has 0 unspecified atom stereocenters. The molecular formula is C18H14N4O4S2. The largest absolute Gasteiger partial charge is 0.454 e. The molecule has 28 heavy (non-hydrogen) atoms. The molecule has 0 aromatic heterocycles. The van der Waals surface area contributed by atoms with Crippen LogP contribution in [0.2, 0.25) is 0 Å². The highest BCUT2D eigenvalue weighted by atomic mass is 32.3. The van der Waals surface area contributed by atoms with Crippen LogP contribution in [0.25, 0.3) is 16.7 Å². The highest BCUT2D eigenvalue weighted by Crippen LogP contribution is 2.36. The van der Waals surface area contributed by atoms with E-state index in [1.165, 1.54) is 5.01 Å². The second-order valence-electron chi connectivity index (χ2n) is 6.26. The molecule has 3 heterocycles. The second-order valence-corrected chi connectivity index (χ2v) is 8.95. The number of hydrogen-bond donors (Lipinski definition) is 1.